The van der Waals surface area contributed by atoms with Gasteiger partial charge in [-0.3, -0.25) is 9.59 Å². The summed E-state index contributed by atoms with van der Waals surface area (Å²) in [5, 5.41) is 0. The lowest BCUT2D eigenvalue weighted by molar-refractivity contribution is 0.0744. The fraction of sp³-hybridized carbons (Fsp3) is 0.391. The van der Waals surface area contributed by atoms with Crippen LogP contribution in [0.15, 0.2) is 47.4 Å². The number of carbonyl (C=O) groups is 1. The van der Waals surface area contributed by atoms with Crippen LogP contribution in [0.2, 0.25) is 0 Å². The first kappa shape index (κ1) is 20.7. The van der Waals surface area contributed by atoms with E-state index < -0.39 is 0 Å². The molecular weight excluding hydrogens is 368 g/mol. The monoisotopic (exact) mass is 396 g/mol. The standard InChI is InChI=1S/C23H28N2O4/c1-5-18-7-6-12-25(18)23(27)21-16(2)10-13-24(22(21)26)14-11-17-8-9-19(28-3)20(15-17)29-4/h6-10,13,15,18H,5,11-12,14H2,1-4H3. The van der Waals surface area contributed by atoms with Crippen LogP contribution < -0.4 is 15.0 Å². The first-order chi connectivity index (χ1) is 14.0. The molecule has 1 amide bonds. The molecule has 29 heavy (non-hydrogen) atoms. The van der Waals surface area contributed by atoms with Crippen molar-refractivity contribution >= 4 is 5.91 Å². The number of pyridine rings is 1. The van der Waals surface area contributed by atoms with Crippen LogP contribution in [0.4, 0.5) is 0 Å². The minimum atomic E-state index is -0.239. The molecule has 0 saturated heterocycles. The number of carbonyl (C=O) groups excluding carboxylic acids is 1. The van der Waals surface area contributed by atoms with Crippen LogP contribution in [0, 0.1) is 6.92 Å². The first-order valence-electron chi connectivity index (χ1n) is 9.88. The molecule has 1 aromatic heterocycles. The summed E-state index contributed by atoms with van der Waals surface area (Å²) in [4.78, 5) is 27.9. The van der Waals surface area contributed by atoms with E-state index in [4.69, 9.17) is 9.47 Å². The quantitative estimate of drug-likeness (QED) is 0.675. The van der Waals surface area contributed by atoms with Crippen LogP contribution in [0.3, 0.4) is 0 Å². The fourth-order valence-electron chi connectivity index (χ4n) is 3.69. The fourth-order valence-corrected chi connectivity index (χ4v) is 3.69. The lowest BCUT2D eigenvalue weighted by Gasteiger charge is -2.24. The molecule has 0 N–H and O–H groups in total. The third kappa shape index (κ3) is 4.21. The number of aromatic nitrogens is 1. The Morgan fingerprint density at radius 3 is 2.62 bits per heavy atom. The second-order valence-electron chi connectivity index (χ2n) is 7.17. The molecule has 6 nitrogen and oxygen atoms in total. The van der Waals surface area contributed by atoms with Crippen molar-refractivity contribution in [3.8, 4) is 11.5 Å². The van der Waals surface area contributed by atoms with Gasteiger partial charge in [0.2, 0.25) is 0 Å². The summed E-state index contributed by atoms with van der Waals surface area (Å²) in [5.41, 5.74) is 1.76. The Morgan fingerprint density at radius 2 is 1.93 bits per heavy atom. The highest BCUT2D eigenvalue weighted by Gasteiger charge is 2.27. The van der Waals surface area contributed by atoms with Gasteiger partial charge in [0.05, 0.1) is 20.3 Å². The summed E-state index contributed by atoms with van der Waals surface area (Å²) in [6.07, 6.45) is 7.25. The van der Waals surface area contributed by atoms with Gasteiger partial charge < -0.3 is 18.9 Å². The van der Waals surface area contributed by atoms with Gasteiger partial charge in [-0.1, -0.05) is 25.1 Å². The Balaban J connectivity index is 1.82. The van der Waals surface area contributed by atoms with Crippen LogP contribution in [0.25, 0.3) is 0 Å². The lowest BCUT2D eigenvalue weighted by Crippen LogP contribution is -2.40. The van der Waals surface area contributed by atoms with Gasteiger partial charge in [0.15, 0.2) is 11.5 Å². The van der Waals surface area contributed by atoms with Crippen molar-refractivity contribution in [2.75, 3.05) is 20.8 Å². The van der Waals surface area contributed by atoms with Crippen molar-refractivity contribution in [2.24, 2.45) is 0 Å². The zero-order valence-electron chi connectivity index (χ0n) is 17.5. The van der Waals surface area contributed by atoms with Gasteiger partial charge in [-0.25, -0.2) is 0 Å². The molecule has 0 saturated carbocycles. The van der Waals surface area contributed by atoms with Crippen LogP contribution >= 0.6 is 0 Å². The maximum absolute atomic E-state index is 13.1. The molecule has 0 bridgehead atoms. The average Bonchev–Trinajstić information content (AvgIpc) is 3.21. The van der Waals surface area contributed by atoms with E-state index in [1.165, 1.54) is 0 Å². The van der Waals surface area contributed by atoms with E-state index in [1.807, 2.05) is 50.3 Å². The van der Waals surface area contributed by atoms with E-state index in [0.717, 1.165) is 12.0 Å². The number of methoxy groups -OCH3 is 2. The Hall–Kier alpha value is -3.02. The second-order valence-corrected chi connectivity index (χ2v) is 7.17. The van der Waals surface area contributed by atoms with Crippen LogP contribution in [-0.4, -0.2) is 42.2 Å². The summed E-state index contributed by atoms with van der Waals surface area (Å²) >= 11 is 0. The van der Waals surface area contributed by atoms with E-state index in [9.17, 15) is 9.59 Å². The van der Waals surface area contributed by atoms with Gasteiger partial charge in [-0.05, 0) is 49.1 Å². The van der Waals surface area contributed by atoms with Gasteiger partial charge >= 0.3 is 0 Å². The summed E-state index contributed by atoms with van der Waals surface area (Å²) in [5.74, 6) is 1.13. The van der Waals surface area contributed by atoms with Gasteiger partial charge in [0.1, 0.15) is 5.56 Å². The van der Waals surface area contributed by atoms with Gasteiger partial charge in [0, 0.05) is 19.3 Å². The second kappa shape index (κ2) is 8.99. The SMILES string of the molecule is CCC1C=CCN1C(=O)c1c(C)ccn(CCc2ccc(OC)c(OC)c2)c1=O. The van der Waals surface area contributed by atoms with Gasteiger partial charge in [-0.15, -0.1) is 0 Å². The molecule has 1 unspecified atom stereocenters. The molecule has 6 heteroatoms. The normalized spacial score (nSPS) is 15.6. The Labute approximate surface area is 171 Å². The molecule has 2 aromatic rings. The topological polar surface area (TPSA) is 60.8 Å². The number of aryl methyl sites for hydroxylation is 3. The third-order valence-corrected chi connectivity index (χ3v) is 5.42. The van der Waals surface area contributed by atoms with Crippen LogP contribution in [0.1, 0.15) is 34.8 Å². The molecule has 154 valence electrons. The smallest absolute Gasteiger partial charge is 0.263 e. The molecular formula is C23H28N2O4. The Kier molecular flexibility index (Phi) is 6.42. The van der Waals surface area contributed by atoms with Crippen LogP contribution in [-0.2, 0) is 13.0 Å². The largest absolute Gasteiger partial charge is 0.493 e. The zero-order valence-corrected chi connectivity index (χ0v) is 17.5. The number of hydrogen-bond donors (Lipinski definition) is 0. The van der Waals surface area contributed by atoms with E-state index in [1.54, 1.807) is 29.9 Å². The number of rotatable bonds is 7. The summed E-state index contributed by atoms with van der Waals surface area (Å²) in [6.45, 7) is 4.89. The van der Waals surface area contributed by atoms with E-state index in [2.05, 4.69) is 0 Å². The number of hydrogen-bond acceptors (Lipinski definition) is 4. The van der Waals surface area contributed by atoms with Crippen molar-refractivity contribution in [1.82, 2.24) is 9.47 Å². The first-order valence-corrected chi connectivity index (χ1v) is 9.88. The van der Waals surface area contributed by atoms with Crippen molar-refractivity contribution in [1.29, 1.82) is 0 Å². The third-order valence-electron chi connectivity index (χ3n) is 5.42. The molecule has 3 rings (SSSR count). The lowest BCUT2D eigenvalue weighted by atomic mass is 10.1. The summed E-state index contributed by atoms with van der Waals surface area (Å²) in [7, 11) is 3.20. The van der Waals surface area contributed by atoms with Crippen molar-refractivity contribution in [3.05, 3.63) is 69.7 Å². The van der Waals surface area contributed by atoms with Gasteiger partial charge in [-0.2, -0.15) is 0 Å². The highest BCUT2D eigenvalue weighted by atomic mass is 16.5. The molecule has 1 aliphatic rings. The minimum Gasteiger partial charge on any atom is -0.493 e. The molecule has 0 aliphatic carbocycles. The van der Waals surface area contributed by atoms with Gasteiger partial charge in [0.25, 0.3) is 11.5 Å². The number of ether oxygens (including phenoxy) is 2. The molecule has 2 heterocycles. The zero-order chi connectivity index (χ0) is 21.0. The highest BCUT2D eigenvalue weighted by Crippen LogP contribution is 2.27. The summed E-state index contributed by atoms with van der Waals surface area (Å²) in [6, 6.07) is 7.61. The molecule has 1 aliphatic heterocycles. The van der Waals surface area contributed by atoms with E-state index in [0.29, 0.717) is 36.6 Å². The predicted molar refractivity (Wildman–Crippen MR) is 113 cm³/mol. The number of nitrogens with zero attached hydrogens (tertiary/aromatic N) is 2. The molecule has 0 fully saturated rings. The Morgan fingerprint density at radius 1 is 1.17 bits per heavy atom. The molecule has 0 radical (unpaired) electrons. The highest BCUT2D eigenvalue weighted by molar-refractivity contribution is 5.96. The van der Waals surface area contributed by atoms with Crippen molar-refractivity contribution in [3.63, 3.8) is 0 Å². The molecule has 0 spiro atoms. The maximum atomic E-state index is 13.1. The number of benzene rings is 1. The Bertz CT molecular complexity index is 977. The minimum absolute atomic E-state index is 0.0571. The van der Waals surface area contributed by atoms with E-state index >= 15 is 0 Å². The maximum Gasteiger partial charge on any atom is 0.263 e. The van der Waals surface area contributed by atoms with Crippen LogP contribution in [0.5, 0.6) is 11.5 Å². The molecule has 1 aromatic carbocycles. The predicted octanol–water partition coefficient (Wildman–Crippen LogP) is 3.21. The molecule has 1 atom stereocenters. The average molecular weight is 396 g/mol. The number of amides is 1. The van der Waals surface area contributed by atoms with Crippen molar-refractivity contribution < 1.29 is 14.3 Å². The summed E-state index contributed by atoms with van der Waals surface area (Å²) < 4.78 is 12.2. The van der Waals surface area contributed by atoms with Crippen molar-refractivity contribution in [2.45, 2.75) is 39.3 Å². The van der Waals surface area contributed by atoms with E-state index in [-0.39, 0.29) is 23.1 Å².